The topological polar surface area (TPSA) is 0 Å². The summed E-state index contributed by atoms with van der Waals surface area (Å²) >= 11 is 8.08. The average Bonchev–Trinajstić information content (AvgIpc) is 2.93. The summed E-state index contributed by atoms with van der Waals surface area (Å²) in [6.07, 6.45) is 9.22. The van der Waals surface area contributed by atoms with Crippen LogP contribution in [0, 0.1) is 5.92 Å². The van der Waals surface area contributed by atoms with E-state index in [1.165, 1.54) is 43.4 Å². The van der Waals surface area contributed by atoms with Crippen LogP contribution in [0.4, 0.5) is 0 Å². The fourth-order valence-corrected chi connectivity index (χ4v) is 4.60. The van der Waals surface area contributed by atoms with Gasteiger partial charge in [0.15, 0.2) is 0 Å². The summed E-state index contributed by atoms with van der Waals surface area (Å²) in [5.41, 5.74) is 1.48. The maximum atomic E-state index is 6.00. The van der Waals surface area contributed by atoms with E-state index >= 15 is 0 Å². The van der Waals surface area contributed by atoms with Gasteiger partial charge in [-0.3, -0.25) is 0 Å². The minimum atomic E-state index is 0.716. The monoisotopic (exact) mass is 278 g/mol. The maximum Gasteiger partial charge on any atom is 0.0406 e. The fourth-order valence-electron chi connectivity index (χ4n) is 3.28. The first-order chi connectivity index (χ1) is 8.84. The van der Waals surface area contributed by atoms with Crippen molar-refractivity contribution in [2.45, 2.75) is 38.0 Å². The highest BCUT2D eigenvalue weighted by molar-refractivity contribution is 8.03. The van der Waals surface area contributed by atoms with Gasteiger partial charge in [0.1, 0.15) is 0 Å². The molecule has 2 unspecified atom stereocenters. The van der Waals surface area contributed by atoms with E-state index in [2.05, 4.69) is 30.0 Å². The summed E-state index contributed by atoms with van der Waals surface area (Å²) in [6.45, 7) is 0. The molecule has 0 nitrogen and oxygen atoms in total. The zero-order chi connectivity index (χ0) is 12.4. The molecular formula is C16H19ClS. The molecule has 2 aliphatic rings. The highest BCUT2D eigenvalue weighted by Crippen LogP contribution is 2.47. The number of thioether (sulfide) groups is 1. The normalized spacial score (nSPS) is 28.2. The number of halogens is 1. The zero-order valence-corrected chi connectivity index (χ0v) is 12.1. The molecule has 1 aromatic carbocycles. The lowest BCUT2D eigenvalue weighted by Gasteiger charge is -2.32. The second-order valence-corrected chi connectivity index (χ2v) is 6.90. The van der Waals surface area contributed by atoms with Crippen molar-refractivity contribution in [3.63, 3.8) is 0 Å². The Hall–Kier alpha value is -0.400. The molecule has 2 atom stereocenters. The van der Waals surface area contributed by atoms with Crippen LogP contribution in [0.15, 0.2) is 35.2 Å². The molecule has 0 saturated heterocycles. The van der Waals surface area contributed by atoms with Gasteiger partial charge in [0, 0.05) is 10.8 Å². The highest BCUT2D eigenvalue weighted by Gasteiger charge is 2.30. The predicted molar refractivity (Wildman–Crippen MR) is 81.3 cm³/mol. The Bertz CT molecular complexity index is 435. The SMILES string of the molecule is Clc1ccc(C2CCCCC2C2=CCCS2)cc1. The molecule has 2 heteroatoms. The van der Waals surface area contributed by atoms with Gasteiger partial charge in [0.05, 0.1) is 0 Å². The molecule has 0 N–H and O–H groups in total. The van der Waals surface area contributed by atoms with Gasteiger partial charge in [-0.05, 0) is 53.7 Å². The van der Waals surface area contributed by atoms with Crippen molar-refractivity contribution in [3.8, 4) is 0 Å². The smallest absolute Gasteiger partial charge is 0.0406 e. The molecule has 1 aromatic rings. The second-order valence-electron chi connectivity index (χ2n) is 5.29. The third-order valence-electron chi connectivity index (χ3n) is 4.16. The predicted octanol–water partition coefficient (Wildman–Crippen LogP) is 5.63. The molecule has 1 fully saturated rings. The maximum absolute atomic E-state index is 6.00. The summed E-state index contributed by atoms with van der Waals surface area (Å²) in [4.78, 5) is 1.66. The summed E-state index contributed by atoms with van der Waals surface area (Å²) in [5.74, 6) is 2.78. The van der Waals surface area contributed by atoms with Crippen LogP contribution in [-0.2, 0) is 0 Å². The van der Waals surface area contributed by atoms with Crippen LogP contribution in [0.5, 0.6) is 0 Å². The first kappa shape index (κ1) is 12.6. The minimum Gasteiger partial charge on any atom is -0.130 e. The summed E-state index contributed by atoms with van der Waals surface area (Å²) in [5, 5.41) is 0.848. The van der Waals surface area contributed by atoms with Crippen LogP contribution in [0.25, 0.3) is 0 Å². The summed E-state index contributed by atoms with van der Waals surface area (Å²) in [6, 6.07) is 8.54. The number of benzene rings is 1. The van der Waals surface area contributed by atoms with Crippen molar-refractivity contribution >= 4 is 23.4 Å². The molecule has 0 radical (unpaired) electrons. The van der Waals surface area contributed by atoms with E-state index in [0.717, 1.165) is 10.9 Å². The van der Waals surface area contributed by atoms with E-state index in [1.807, 2.05) is 12.1 Å². The Morgan fingerprint density at radius 1 is 1.00 bits per heavy atom. The quantitative estimate of drug-likeness (QED) is 0.675. The molecular weight excluding hydrogens is 260 g/mol. The van der Waals surface area contributed by atoms with Crippen molar-refractivity contribution in [2.75, 3.05) is 5.75 Å². The van der Waals surface area contributed by atoms with Gasteiger partial charge in [-0.1, -0.05) is 42.7 Å². The molecule has 1 aliphatic heterocycles. The van der Waals surface area contributed by atoms with Crippen LogP contribution >= 0.6 is 23.4 Å². The van der Waals surface area contributed by atoms with Gasteiger partial charge in [-0.15, -0.1) is 11.8 Å². The Morgan fingerprint density at radius 3 is 2.39 bits per heavy atom. The molecule has 0 amide bonds. The van der Waals surface area contributed by atoms with E-state index in [4.69, 9.17) is 11.6 Å². The van der Waals surface area contributed by atoms with Crippen LogP contribution in [-0.4, -0.2) is 5.75 Å². The number of hydrogen-bond acceptors (Lipinski definition) is 1. The lowest BCUT2D eigenvalue weighted by atomic mass is 9.75. The molecule has 1 aliphatic carbocycles. The van der Waals surface area contributed by atoms with Gasteiger partial charge in [0.25, 0.3) is 0 Å². The Morgan fingerprint density at radius 2 is 1.72 bits per heavy atom. The first-order valence-corrected chi connectivity index (χ1v) is 8.29. The van der Waals surface area contributed by atoms with Gasteiger partial charge in [-0.2, -0.15) is 0 Å². The van der Waals surface area contributed by atoms with Crippen molar-refractivity contribution in [1.82, 2.24) is 0 Å². The van der Waals surface area contributed by atoms with E-state index in [9.17, 15) is 0 Å². The molecule has 1 heterocycles. The Balaban J connectivity index is 1.85. The number of allylic oxidation sites excluding steroid dienone is 2. The second kappa shape index (κ2) is 5.71. The molecule has 1 saturated carbocycles. The van der Waals surface area contributed by atoms with Crippen LogP contribution in [0.1, 0.15) is 43.6 Å². The molecule has 0 spiro atoms. The first-order valence-electron chi connectivity index (χ1n) is 6.93. The Labute approximate surface area is 119 Å². The molecule has 18 heavy (non-hydrogen) atoms. The Kier molecular flexibility index (Phi) is 4.00. The standard InChI is InChI=1S/C16H19ClS/c17-13-9-7-12(8-10-13)14-4-1-2-5-15(14)16-6-3-11-18-16/h6-10,14-15H,1-5,11H2. The molecule has 3 rings (SSSR count). The lowest BCUT2D eigenvalue weighted by Crippen LogP contribution is -2.18. The number of hydrogen-bond donors (Lipinski definition) is 0. The zero-order valence-electron chi connectivity index (χ0n) is 10.6. The molecule has 0 aromatic heterocycles. The van der Waals surface area contributed by atoms with Crippen LogP contribution < -0.4 is 0 Å². The summed E-state index contributed by atoms with van der Waals surface area (Å²) in [7, 11) is 0. The van der Waals surface area contributed by atoms with E-state index < -0.39 is 0 Å². The van der Waals surface area contributed by atoms with Crippen molar-refractivity contribution in [2.24, 2.45) is 5.92 Å². The van der Waals surface area contributed by atoms with Gasteiger partial charge in [0.2, 0.25) is 0 Å². The lowest BCUT2D eigenvalue weighted by molar-refractivity contribution is 0.358. The van der Waals surface area contributed by atoms with Crippen LogP contribution in [0.2, 0.25) is 5.02 Å². The summed E-state index contributed by atoms with van der Waals surface area (Å²) < 4.78 is 0. The van der Waals surface area contributed by atoms with E-state index in [1.54, 1.807) is 4.91 Å². The fraction of sp³-hybridized carbons (Fsp3) is 0.500. The van der Waals surface area contributed by atoms with E-state index in [-0.39, 0.29) is 0 Å². The largest absolute Gasteiger partial charge is 0.130 e. The van der Waals surface area contributed by atoms with Gasteiger partial charge < -0.3 is 0 Å². The average molecular weight is 279 g/mol. The number of rotatable bonds is 2. The molecule has 0 bridgehead atoms. The third kappa shape index (κ3) is 2.62. The van der Waals surface area contributed by atoms with Crippen molar-refractivity contribution < 1.29 is 0 Å². The van der Waals surface area contributed by atoms with Gasteiger partial charge in [-0.25, -0.2) is 0 Å². The highest BCUT2D eigenvalue weighted by atomic mass is 35.5. The van der Waals surface area contributed by atoms with Gasteiger partial charge >= 0.3 is 0 Å². The third-order valence-corrected chi connectivity index (χ3v) is 5.66. The van der Waals surface area contributed by atoms with Crippen molar-refractivity contribution in [3.05, 3.63) is 45.8 Å². The van der Waals surface area contributed by atoms with Crippen LogP contribution in [0.3, 0.4) is 0 Å². The van der Waals surface area contributed by atoms with Crippen molar-refractivity contribution in [1.29, 1.82) is 0 Å². The minimum absolute atomic E-state index is 0.716. The van der Waals surface area contributed by atoms with E-state index in [0.29, 0.717) is 5.92 Å². The molecule has 96 valence electrons.